The van der Waals surface area contributed by atoms with Crippen molar-refractivity contribution in [1.82, 2.24) is 9.47 Å². The van der Waals surface area contributed by atoms with E-state index >= 15 is 0 Å². The molecule has 0 bridgehead atoms. The van der Waals surface area contributed by atoms with Gasteiger partial charge in [0.25, 0.3) is 11.5 Å². The van der Waals surface area contributed by atoms with Crippen molar-refractivity contribution in [3.63, 3.8) is 0 Å². The third-order valence-electron chi connectivity index (χ3n) is 7.95. The molecule has 1 fully saturated rings. The molecule has 47 heavy (non-hydrogen) atoms. The predicted molar refractivity (Wildman–Crippen MR) is 171 cm³/mol. The Labute approximate surface area is 268 Å². The fraction of sp³-hybridized carbons (Fsp3) is 0.229. The van der Waals surface area contributed by atoms with Crippen molar-refractivity contribution in [1.29, 1.82) is 0 Å². The lowest BCUT2D eigenvalue weighted by molar-refractivity contribution is -0.142. The predicted octanol–water partition coefficient (Wildman–Crippen LogP) is 4.93. The average Bonchev–Trinajstić information content (AvgIpc) is 3.04. The summed E-state index contributed by atoms with van der Waals surface area (Å²) in [6.07, 6.45) is 1.51. The molecule has 1 saturated heterocycles. The van der Waals surface area contributed by atoms with E-state index in [4.69, 9.17) is 0 Å². The smallest absolute Gasteiger partial charge is 0.294 e. The van der Waals surface area contributed by atoms with Crippen LogP contribution in [-0.2, 0) is 22.6 Å². The van der Waals surface area contributed by atoms with Gasteiger partial charge in [-0.1, -0.05) is 12.1 Å². The molecular formula is C35H32F4N4O4. The van der Waals surface area contributed by atoms with Gasteiger partial charge >= 0.3 is 0 Å². The highest BCUT2D eigenvalue weighted by atomic mass is 19.1. The van der Waals surface area contributed by atoms with Crippen LogP contribution < -0.4 is 15.4 Å². The Bertz CT molecular complexity index is 1860. The second-order valence-corrected chi connectivity index (χ2v) is 11.4. The molecule has 0 radical (unpaired) electrons. The Balaban J connectivity index is 1.37. The molecule has 1 aromatic heterocycles. The van der Waals surface area contributed by atoms with Crippen LogP contribution >= 0.6 is 0 Å². The number of rotatable bonds is 9. The molecule has 8 nitrogen and oxygen atoms in total. The van der Waals surface area contributed by atoms with Crippen LogP contribution in [0.3, 0.4) is 0 Å². The minimum Gasteiger partial charge on any atom is -0.507 e. The Morgan fingerprint density at radius 1 is 0.830 bits per heavy atom. The molecule has 1 aliphatic heterocycles. The van der Waals surface area contributed by atoms with Crippen LogP contribution in [0.2, 0.25) is 0 Å². The lowest BCUT2D eigenvalue weighted by Gasteiger charge is -2.35. The number of benzene rings is 3. The van der Waals surface area contributed by atoms with Gasteiger partial charge in [-0.25, -0.2) is 17.6 Å². The zero-order chi connectivity index (χ0) is 33.8. The number of halogens is 4. The molecular weight excluding hydrogens is 616 g/mol. The van der Waals surface area contributed by atoms with E-state index in [1.54, 1.807) is 0 Å². The largest absolute Gasteiger partial charge is 0.507 e. The Morgan fingerprint density at radius 2 is 1.45 bits per heavy atom. The number of aliphatic hydroxyl groups excluding tert-OH is 1. The first-order valence-corrected chi connectivity index (χ1v) is 14.8. The van der Waals surface area contributed by atoms with Gasteiger partial charge in [-0.2, -0.15) is 0 Å². The van der Waals surface area contributed by atoms with Gasteiger partial charge in [0.05, 0.1) is 12.1 Å². The Morgan fingerprint density at radius 3 is 2.04 bits per heavy atom. The molecule has 244 valence electrons. The van der Waals surface area contributed by atoms with Gasteiger partial charge in [0.2, 0.25) is 5.78 Å². The minimum atomic E-state index is -1.15. The highest BCUT2D eigenvalue weighted by Crippen LogP contribution is 2.22. The zero-order valence-corrected chi connectivity index (χ0v) is 25.7. The molecule has 0 atom stereocenters. The first-order chi connectivity index (χ1) is 22.4. The summed E-state index contributed by atoms with van der Waals surface area (Å²) in [4.78, 5) is 44.9. The van der Waals surface area contributed by atoms with E-state index in [1.165, 1.54) is 35.4 Å². The molecule has 0 saturated carbocycles. The molecule has 12 heteroatoms. The van der Waals surface area contributed by atoms with Gasteiger partial charge in [0.1, 0.15) is 29.0 Å². The summed E-state index contributed by atoms with van der Waals surface area (Å²) in [5.41, 5.74) is 0.997. The molecule has 1 N–H and O–H groups in total. The Kier molecular flexibility index (Phi) is 9.78. The third kappa shape index (κ3) is 7.71. The molecule has 3 aromatic carbocycles. The summed E-state index contributed by atoms with van der Waals surface area (Å²) in [5, 5.41) is 10.9. The van der Waals surface area contributed by atoms with Crippen molar-refractivity contribution in [3.05, 3.63) is 135 Å². The first kappa shape index (κ1) is 33.0. The fourth-order valence-electron chi connectivity index (χ4n) is 5.38. The maximum atomic E-state index is 14.5. The third-order valence-corrected chi connectivity index (χ3v) is 7.95. The molecule has 5 rings (SSSR count). The number of anilines is 2. The number of hydrogen-bond acceptors (Lipinski definition) is 6. The normalized spacial score (nSPS) is 13.5. The lowest BCUT2D eigenvalue weighted by atomic mass is 10.0. The monoisotopic (exact) mass is 648 g/mol. The summed E-state index contributed by atoms with van der Waals surface area (Å²) < 4.78 is 57.1. The number of amides is 1. The molecule has 1 amide bonds. The van der Waals surface area contributed by atoms with Crippen molar-refractivity contribution >= 4 is 28.8 Å². The van der Waals surface area contributed by atoms with Gasteiger partial charge in [-0.15, -0.1) is 0 Å². The highest BCUT2D eigenvalue weighted by Gasteiger charge is 2.26. The summed E-state index contributed by atoms with van der Waals surface area (Å²) in [6.45, 7) is 1.34. The number of nitrogens with zero attached hydrogens (tertiary/aromatic N) is 4. The number of aliphatic hydroxyl groups is 1. The van der Waals surface area contributed by atoms with E-state index in [0.29, 0.717) is 36.9 Å². The SMILES string of the molecule is CN(C)c1ccc(N2CCN(C(=O)C(=O)/C=C(/O)c3cc(Cc4c(F)cc(F)cc4F)cn(Cc4ccc(F)cc4)c3=O)CC2)cc1. The van der Waals surface area contributed by atoms with Gasteiger partial charge in [-0.3, -0.25) is 14.4 Å². The van der Waals surface area contributed by atoms with Crippen LogP contribution in [-0.4, -0.2) is 66.5 Å². The topological polar surface area (TPSA) is 86.1 Å². The molecule has 0 unspecified atom stereocenters. The standard InChI is InChI=1S/C35H32F4N4O4/c1-40(2)26-7-9-27(10-8-26)41-11-13-42(14-12-41)35(47)33(45)19-32(44)29-16-23(15-28-30(38)17-25(37)18-31(28)39)21-43(34(29)46)20-22-3-5-24(36)6-4-22/h3-10,16-19,21,44H,11-15,20H2,1-2H3/b32-19+. The van der Waals surface area contributed by atoms with Crippen LogP contribution in [0.25, 0.3) is 5.76 Å². The lowest BCUT2D eigenvalue weighted by Crippen LogP contribution is -2.50. The number of aromatic nitrogens is 1. The number of pyridine rings is 1. The average molecular weight is 649 g/mol. The summed E-state index contributed by atoms with van der Waals surface area (Å²) in [6, 6.07) is 15.4. The number of carbonyl (C=O) groups is 2. The van der Waals surface area contributed by atoms with Crippen LogP contribution in [0.4, 0.5) is 28.9 Å². The maximum Gasteiger partial charge on any atom is 0.294 e. The van der Waals surface area contributed by atoms with Crippen molar-refractivity contribution in [2.75, 3.05) is 50.1 Å². The molecule has 1 aliphatic rings. The van der Waals surface area contributed by atoms with E-state index in [1.807, 2.05) is 43.3 Å². The summed E-state index contributed by atoms with van der Waals surface area (Å²) >= 11 is 0. The van der Waals surface area contributed by atoms with Gasteiger partial charge < -0.3 is 24.4 Å². The number of ketones is 1. The quantitative estimate of drug-likeness (QED) is 0.120. The van der Waals surface area contributed by atoms with E-state index < -0.39 is 63.8 Å². The minimum absolute atomic E-state index is 0.114. The van der Waals surface area contributed by atoms with E-state index in [2.05, 4.69) is 4.90 Å². The first-order valence-electron chi connectivity index (χ1n) is 14.8. The number of carbonyl (C=O) groups excluding carboxylic acids is 2. The van der Waals surface area contributed by atoms with Crippen molar-refractivity contribution < 1.29 is 32.3 Å². The van der Waals surface area contributed by atoms with Crippen molar-refractivity contribution in [2.24, 2.45) is 0 Å². The molecule has 4 aromatic rings. The Hall–Kier alpha value is -5.39. The number of piperazine rings is 1. The second-order valence-electron chi connectivity index (χ2n) is 11.4. The zero-order valence-electron chi connectivity index (χ0n) is 25.7. The number of hydrogen-bond donors (Lipinski definition) is 1. The van der Waals surface area contributed by atoms with Gasteiger partial charge in [-0.05, 0) is 53.6 Å². The van der Waals surface area contributed by atoms with E-state index in [-0.39, 0.29) is 25.2 Å². The van der Waals surface area contributed by atoms with Crippen LogP contribution in [0, 0.1) is 23.3 Å². The second kappa shape index (κ2) is 13.9. The molecule has 0 aliphatic carbocycles. The van der Waals surface area contributed by atoms with Crippen molar-refractivity contribution in [3.8, 4) is 0 Å². The van der Waals surface area contributed by atoms with E-state index in [0.717, 1.165) is 22.0 Å². The summed E-state index contributed by atoms with van der Waals surface area (Å²) in [7, 11) is 3.89. The van der Waals surface area contributed by atoms with E-state index in [9.17, 15) is 37.1 Å². The summed E-state index contributed by atoms with van der Waals surface area (Å²) in [5.74, 6) is -6.63. The molecule has 0 spiro atoms. The fourth-order valence-corrected chi connectivity index (χ4v) is 5.38. The van der Waals surface area contributed by atoms with Crippen molar-refractivity contribution in [2.45, 2.75) is 13.0 Å². The van der Waals surface area contributed by atoms with Gasteiger partial charge in [0, 0.05) is 88.0 Å². The van der Waals surface area contributed by atoms with Crippen LogP contribution in [0.15, 0.2) is 83.8 Å². The van der Waals surface area contributed by atoms with Crippen LogP contribution in [0.1, 0.15) is 22.3 Å². The van der Waals surface area contributed by atoms with Gasteiger partial charge in [0.15, 0.2) is 0 Å². The van der Waals surface area contributed by atoms with Crippen LogP contribution in [0.5, 0.6) is 0 Å². The molecule has 2 heterocycles. The highest BCUT2D eigenvalue weighted by molar-refractivity contribution is 6.41. The maximum absolute atomic E-state index is 14.5.